The summed E-state index contributed by atoms with van der Waals surface area (Å²) in [4.78, 5) is 26.0. The van der Waals surface area contributed by atoms with Gasteiger partial charge >= 0.3 is 0 Å². The van der Waals surface area contributed by atoms with Crippen molar-refractivity contribution in [1.82, 2.24) is 25.1 Å². The minimum atomic E-state index is -0.319. The average molecular weight is 394 g/mol. The molecular formula is C21H23FN6O. The van der Waals surface area contributed by atoms with Crippen molar-refractivity contribution in [1.29, 1.82) is 0 Å². The summed E-state index contributed by atoms with van der Waals surface area (Å²) in [5, 5.41) is 6.89. The second-order valence-electron chi connectivity index (χ2n) is 7.38. The number of rotatable bonds is 4. The normalized spacial score (nSPS) is 14.5. The molecule has 0 unspecified atom stereocenters. The Morgan fingerprint density at radius 3 is 2.52 bits per heavy atom. The molecule has 1 aromatic carbocycles. The summed E-state index contributed by atoms with van der Waals surface area (Å²) in [6, 6.07) is 7.94. The van der Waals surface area contributed by atoms with Gasteiger partial charge in [-0.1, -0.05) is 13.8 Å². The van der Waals surface area contributed by atoms with Crippen molar-refractivity contribution in [3.8, 4) is 11.3 Å². The van der Waals surface area contributed by atoms with E-state index in [1.165, 1.54) is 18.3 Å². The minimum absolute atomic E-state index is 0.0884. The quantitative estimate of drug-likeness (QED) is 0.736. The lowest BCUT2D eigenvalue weighted by molar-refractivity contribution is 0.0747. The number of H-pyrrole nitrogens is 1. The number of aromatic amines is 1. The number of carbonyl (C=O) groups excluding carboxylic acids is 1. The van der Waals surface area contributed by atoms with Crippen LogP contribution in [-0.2, 0) is 0 Å². The predicted molar refractivity (Wildman–Crippen MR) is 108 cm³/mol. The van der Waals surface area contributed by atoms with Crippen molar-refractivity contribution >= 4 is 11.9 Å². The first-order valence-corrected chi connectivity index (χ1v) is 9.69. The lowest BCUT2D eigenvalue weighted by Crippen LogP contribution is -2.49. The number of hydrogen-bond acceptors (Lipinski definition) is 5. The second-order valence-corrected chi connectivity index (χ2v) is 7.38. The molecule has 0 aliphatic carbocycles. The molecule has 0 saturated carbocycles. The van der Waals surface area contributed by atoms with E-state index in [1.54, 1.807) is 23.2 Å². The zero-order chi connectivity index (χ0) is 20.4. The van der Waals surface area contributed by atoms with Crippen LogP contribution < -0.4 is 4.90 Å². The SMILES string of the molecule is CC(C)c1ccnc(N2CCN(C(=O)c3cn[nH]c3-c3ccc(F)cc3)CC2)n1. The van der Waals surface area contributed by atoms with Crippen LogP contribution in [0.15, 0.2) is 42.7 Å². The van der Waals surface area contributed by atoms with Crippen molar-refractivity contribution in [2.45, 2.75) is 19.8 Å². The zero-order valence-electron chi connectivity index (χ0n) is 16.5. The van der Waals surface area contributed by atoms with E-state index in [1.807, 2.05) is 6.07 Å². The molecule has 1 aliphatic heterocycles. The number of hydrogen-bond donors (Lipinski definition) is 1. The van der Waals surface area contributed by atoms with Crippen LogP contribution in [0.3, 0.4) is 0 Å². The molecule has 0 spiro atoms. The lowest BCUT2D eigenvalue weighted by atomic mass is 10.1. The summed E-state index contributed by atoms with van der Waals surface area (Å²) in [5.74, 6) is 0.639. The third-order valence-corrected chi connectivity index (χ3v) is 5.11. The van der Waals surface area contributed by atoms with Crippen molar-refractivity contribution in [2.24, 2.45) is 0 Å². The van der Waals surface area contributed by atoms with Crippen LogP contribution in [0.1, 0.15) is 35.8 Å². The first-order valence-electron chi connectivity index (χ1n) is 9.69. The number of aromatic nitrogens is 4. The average Bonchev–Trinajstić information content (AvgIpc) is 3.24. The summed E-state index contributed by atoms with van der Waals surface area (Å²) >= 11 is 0. The van der Waals surface area contributed by atoms with Gasteiger partial charge in [0.25, 0.3) is 5.91 Å². The van der Waals surface area contributed by atoms with E-state index < -0.39 is 0 Å². The van der Waals surface area contributed by atoms with Gasteiger partial charge in [0.1, 0.15) is 5.82 Å². The molecule has 0 bridgehead atoms. The summed E-state index contributed by atoms with van der Waals surface area (Å²) in [6.45, 7) is 6.68. The molecule has 29 heavy (non-hydrogen) atoms. The summed E-state index contributed by atoms with van der Waals surface area (Å²) < 4.78 is 13.2. The molecule has 0 atom stereocenters. The Balaban J connectivity index is 1.46. The van der Waals surface area contributed by atoms with Gasteiger partial charge in [0.05, 0.1) is 17.5 Å². The van der Waals surface area contributed by atoms with Gasteiger partial charge in [-0.25, -0.2) is 14.4 Å². The molecule has 1 fully saturated rings. The third-order valence-electron chi connectivity index (χ3n) is 5.11. The molecule has 1 N–H and O–H groups in total. The van der Waals surface area contributed by atoms with Crippen molar-refractivity contribution in [3.05, 3.63) is 59.8 Å². The highest BCUT2D eigenvalue weighted by Gasteiger charge is 2.26. The molecule has 8 heteroatoms. The molecule has 4 rings (SSSR count). The molecule has 2 aromatic heterocycles. The largest absolute Gasteiger partial charge is 0.337 e. The molecule has 0 radical (unpaired) electrons. The molecule has 1 amide bonds. The van der Waals surface area contributed by atoms with E-state index in [0.717, 1.165) is 11.3 Å². The Morgan fingerprint density at radius 2 is 1.83 bits per heavy atom. The van der Waals surface area contributed by atoms with Crippen LogP contribution >= 0.6 is 0 Å². The number of benzene rings is 1. The molecule has 7 nitrogen and oxygen atoms in total. The van der Waals surface area contributed by atoms with E-state index in [-0.39, 0.29) is 11.7 Å². The predicted octanol–water partition coefficient (Wildman–Crippen LogP) is 3.09. The van der Waals surface area contributed by atoms with Gasteiger partial charge in [-0.3, -0.25) is 9.89 Å². The standard InChI is InChI=1S/C21H23FN6O/c1-14(2)18-7-8-23-21(25-18)28-11-9-27(10-12-28)20(29)17-13-24-26-19(17)15-3-5-16(22)6-4-15/h3-8,13-14H,9-12H2,1-2H3,(H,24,26). The van der Waals surface area contributed by atoms with Crippen molar-refractivity contribution < 1.29 is 9.18 Å². The number of nitrogens with one attached hydrogen (secondary N) is 1. The number of halogens is 1. The van der Waals surface area contributed by atoms with Crippen LogP contribution in [-0.4, -0.2) is 57.2 Å². The molecule has 3 aromatic rings. The highest BCUT2D eigenvalue weighted by atomic mass is 19.1. The Morgan fingerprint density at radius 1 is 1.10 bits per heavy atom. The Kier molecular flexibility index (Phi) is 5.24. The molecule has 1 saturated heterocycles. The smallest absolute Gasteiger partial charge is 0.257 e. The Hall–Kier alpha value is -3.29. The van der Waals surface area contributed by atoms with Crippen LogP contribution in [0.4, 0.5) is 10.3 Å². The third kappa shape index (κ3) is 3.96. The highest BCUT2D eigenvalue weighted by molar-refractivity contribution is 5.99. The molecular weight excluding hydrogens is 371 g/mol. The fourth-order valence-corrected chi connectivity index (χ4v) is 3.40. The fourth-order valence-electron chi connectivity index (χ4n) is 3.40. The van der Waals surface area contributed by atoms with Gasteiger partial charge in [-0.05, 0) is 36.2 Å². The summed E-state index contributed by atoms with van der Waals surface area (Å²) in [7, 11) is 0. The first kappa shape index (κ1) is 19.0. The van der Waals surface area contributed by atoms with E-state index >= 15 is 0 Å². The van der Waals surface area contributed by atoms with Crippen LogP contribution in [0.5, 0.6) is 0 Å². The number of carbonyl (C=O) groups is 1. The number of nitrogens with zero attached hydrogens (tertiary/aromatic N) is 5. The second kappa shape index (κ2) is 7.98. The van der Waals surface area contributed by atoms with E-state index in [2.05, 4.69) is 38.9 Å². The van der Waals surface area contributed by atoms with Crippen LogP contribution in [0, 0.1) is 5.82 Å². The monoisotopic (exact) mass is 394 g/mol. The van der Waals surface area contributed by atoms with Crippen molar-refractivity contribution in [3.63, 3.8) is 0 Å². The van der Waals surface area contributed by atoms with E-state index in [4.69, 9.17) is 0 Å². The molecule has 3 heterocycles. The highest BCUT2D eigenvalue weighted by Crippen LogP contribution is 2.23. The number of anilines is 1. The fraction of sp³-hybridized carbons (Fsp3) is 0.333. The molecule has 1 aliphatic rings. The summed E-state index contributed by atoms with van der Waals surface area (Å²) in [5.41, 5.74) is 2.83. The van der Waals surface area contributed by atoms with Crippen LogP contribution in [0.25, 0.3) is 11.3 Å². The maximum Gasteiger partial charge on any atom is 0.257 e. The Bertz CT molecular complexity index is 992. The lowest BCUT2D eigenvalue weighted by Gasteiger charge is -2.34. The van der Waals surface area contributed by atoms with Gasteiger partial charge < -0.3 is 9.80 Å². The summed E-state index contributed by atoms with van der Waals surface area (Å²) in [6.07, 6.45) is 3.32. The van der Waals surface area contributed by atoms with Gasteiger partial charge in [-0.15, -0.1) is 0 Å². The first-order chi connectivity index (χ1) is 14.0. The number of piperazine rings is 1. The maximum absolute atomic E-state index is 13.2. The zero-order valence-corrected chi connectivity index (χ0v) is 16.5. The van der Waals surface area contributed by atoms with Gasteiger partial charge in [0.2, 0.25) is 5.95 Å². The Labute approximate surface area is 168 Å². The molecule has 150 valence electrons. The number of amides is 1. The van der Waals surface area contributed by atoms with Gasteiger partial charge in [-0.2, -0.15) is 5.10 Å². The maximum atomic E-state index is 13.2. The van der Waals surface area contributed by atoms with Gasteiger partial charge in [0.15, 0.2) is 0 Å². The van der Waals surface area contributed by atoms with Gasteiger partial charge in [0, 0.05) is 43.6 Å². The van der Waals surface area contributed by atoms with Crippen LogP contribution in [0.2, 0.25) is 0 Å². The van der Waals surface area contributed by atoms with Crippen molar-refractivity contribution in [2.75, 3.05) is 31.1 Å². The minimum Gasteiger partial charge on any atom is -0.337 e. The van der Waals surface area contributed by atoms with E-state index in [0.29, 0.717) is 49.3 Å². The van der Waals surface area contributed by atoms with E-state index in [9.17, 15) is 9.18 Å². The topological polar surface area (TPSA) is 78.0 Å².